The van der Waals surface area contributed by atoms with Gasteiger partial charge in [-0.3, -0.25) is 9.59 Å². The van der Waals surface area contributed by atoms with E-state index in [9.17, 15) is 14.4 Å². The number of amides is 4. The van der Waals surface area contributed by atoms with Crippen LogP contribution in [-0.2, 0) is 9.59 Å². The van der Waals surface area contributed by atoms with E-state index < -0.39 is 5.54 Å². The van der Waals surface area contributed by atoms with Gasteiger partial charge in [-0.2, -0.15) is 0 Å². The van der Waals surface area contributed by atoms with Crippen molar-refractivity contribution in [1.29, 1.82) is 0 Å². The molecule has 2 fully saturated rings. The van der Waals surface area contributed by atoms with Crippen LogP contribution in [-0.4, -0.2) is 47.9 Å². The zero-order valence-electron chi connectivity index (χ0n) is 18.1. The summed E-state index contributed by atoms with van der Waals surface area (Å²) in [6, 6.07) is 7.43. The van der Waals surface area contributed by atoms with Gasteiger partial charge in [-0.05, 0) is 50.7 Å². The Morgan fingerprint density at radius 2 is 1.77 bits per heavy atom. The third-order valence-electron chi connectivity index (χ3n) is 6.20. The first-order valence-corrected chi connectivity index (χ1v) is 11.1. The number of hydrogen-bond donors (Lipinski definition) is 3. The minimum Gasteiger partial charge on any atom is -0.342 e. The number of benzene rings is 1. The molecule has 1 unspecified atom stereocenters. The van der Waals surface area contributed by atoms with Crippen LogP contribution in [0.15, 0.2) is 24.3 Å². The van der Waals surface area contributed by atoms with Gasteiger partial charge in [0.15, 0.2) is 0 Å². The van der Waals surface area contributed by atoms with Crippen LogP contribution in [0.1, 0.15) is 57.4 Å². The summed E-state index contributed by atoms with van der Waals surface area (Å²) in [7, 11) is 0. The predicted molar refractivity (Wildman–Crippen MR) is 117 cm³/mol. The SMILES string of the molecule is CC(=O)NC1(C(=O)N2CCCC(CNC(=O)Nc3ccc(C)cc3)C2)CCCCC1. The lowest BCUT2D eigenvalue weighted by Gasteiger charge is -2.42. The highest BCUT2D eigenvalue weighted by molar-refractivity contribution is 5.91. The number of hydrogen-bond acceptors (Lipinski definition) is 3. The average molecular weight is 415 g/mol. The van der Waals surface area contributed by atoms with Crippen molar-refractivity contribution < 1.29 is 14.4 Å². The molecule has 2 aliphatic rings. The van der Waals surface area contributed by atoms with E-state index in [4.69, 9.17) is 0 Å². The van der Waals surface area contributed by atoms with Crippen molar-refractivity contribution in [2.45, 2.75) is 64.3 Å². The fraction of sp³-hybridized carbons (Fsp3) is 0.609. The zero-order valence-corrected chi connectivity index (χ0v) is 18.1. The molecule has 1 saturated carbocycles. The van der Waals surface area contributed by atoms with E-state index in [1.54, 1.807) is 0 Å². The van der Waals surface area contributed by atoms with Crippen molar-refractivity contribution in [3.63, 3.8) is 0 Å². The number of carbonyl (C=O) groups excluding carboxylic acids is 3. The summed E-state index contributed by atoms with van der Waals surface area (Å²) in [4.78, 5) is 39.3. The second-order valence-electron chi connectivity index (χ2n) is 8.78. The van der Waals surface area contributed by atoms with Gasteiger partial charge in [0.2, 0.25) is 11.8 Å². The summed E-state index contributed by atoms with van der Waals surface area (Å²) in [5.74, 6) is 0.115. The minimum atomic E-state index is -0.748. The number of piperidine rings is 1. The van der Waals surface area contributed by atoms with Crippen LogP contribution >= 0.6 is 0 Å². The van der Waals surface area contributed by atoms with E-state index in [2.05, 4.69) is 16.0 Å². The second kappa shape index (κ2) is 9.96. The Balaban J connectivity index is 1.53. The van der Waals surface area contributed by atoms with Crippen molar-refractivity contribution in [3.05, 3.63) is 29.8 Å². The molecule has 0 spiro atoms. The summed E-state index contributed by atoms with van der Waals surface area (Å²) in [6.45, 7) is 5.34. The molecule has 1 aliphatic heterocycles. The Kier molecular flexibility index (Phi) is 7.34. The van der Waals surface area contributed by atoms with Crippen LogP contribution in [0, 0.1) is 12.8 Å². The van der Waals surface area contributed by atoms with E-state index in [1.165, 1.54) is 6.92 Å². The molecule has 7 nitrogen and oxygen atoms in total. The molecule has 1 atom stereocenters. The fourth-order valence-corrected chi connectivity index (χ4v) is 4.65. The second-order valence-corrected chi connectivity index (χ2v) is 8.78. The van der Waals surface area contributed by atoms with Crippen molar-refractivity contribution in [2.75, 3.05) is 25.0 Å². The maximum atomic E-state index is 13.4. The number of aryl methyl sites for hydroxylation is 1. The van der Waals surface area contributed by atoms with E-state index in [0.29, 0.717) is 32.5 Å². The molecule has 30 heavy (non-hydrogen) atoms. The van der Waals surface area contributed by atoms with Gasteiger partial charge in [-0.15, -0.1) is 0 Å². The van der Waals surface area contributed by atoms with Gasteiger partial charge in [0.25, 0.3) is 0 Å². The number of nitrogens with one attached hydrogen (secondary N) is 3. The van der Waals surface area contributed by atoms with Gasteiger partial charge in [0.1, 0.15) is 5.54 Å². The van der Waals surface area contributed by atoms with Gasteiger partial charge in [-0.1, -0.05) is 37.0 Å². The standard InChI is InChI=1S/C23H34N4O3/c1-17-8-10-20(11-9-17)25-22(30)24-15-19-7-6-14-27(16-19)21(29)23(26-18(2)28)12-4-3-5-13-23/h8-11,19H,3-7,12-16H2,1-2H3,(H,26,28)(H2,24,25,30). The molecule has 1 aromatic carbocycles. The lowest BCUT2D eigenvalue weighted by molar-refractivity contribution is -0.144. The number of urea groups is 1. The number of likely N-dealkylation sites (tertiary alicyclic amines) is 1. The van der Waals surface area contributed by atoms with Crippen LogP contribution in [0.2, 0.25) is 0 Å². The fourth-order valence-electron chi connectivity index (χ4n) is 4.65. The van der Waals surface area contributed by atoms with Gasteiger partial charge >= 0.3 is 6.03 Å². The van der Waals surface area contributed by atoms with Crippen molar-refractivity contribution in [1.82, 2.24) is 15.5 Å². The highest BCUT2D eigenvalue weighted by Gasteiger charge is 2.43. The maximum Gasteiger partial charge on any atom is 0.319 e. The largest absolute Gasteiger partial charge is 0.342 e. The Labute approximate surface area is 179 Å². The van der Waals surface area contributed by atoms with Crippen molar-refractivity contribution >= 4 is 23.5 Å². The molecule has 1 aliphatic carbocycles. The highest BCUT2D eigenvalue weighted by Crippen LogP contribution is 2.31. The smallest absolute Gasteiger partial charge is 0.319 e. The first-order valence-electron chi connectivity index (χ1n) is 11.1. The molecule has 3 N–H and O–H groups in total. The van der Waals surface area contributed by atoms with Gasteiger partial charge in [0.05, 0.1) is 0 Å². The number of nitrogens with zero attached hydrogens (tertiary/aromatic N) is 1. The molecule has 3 rings (SSSR count). The summed E-state index contributed by atoms with van der Waals surface area (Å²) in [5.41, 5.74) is 1.15. The predicted octanol–water partition coefficient (Wildman–Crippen LogP) is 3.19. The molecule has 164 valence electrons. The topological polar surface area (TPSA) is 90.5 Å². The number of anilines is 1. The molecule has 0 aromatic heterocycles. The van der Waals surface area contributed by atoms with Crippen LogP contribution in [0.5, 0.6) is 0 Å². The molecule has 1 heterocycles. The monoisotopic (exact) mass is 414 g/mol. The minimum absolute atomic E-state index is 0.0474. The van der Waals surface area contributed by atoms with Crippen LogP contribution < -0.4 is 16.0 Å². The Hall–Kier alpha value is -2.57. The lowest BCUT2D eigenvalue weighted by atomic mass is 9.79. The molecule has 1 saturated heterocycles. The summed E-state index contributed by atoms with van der Waals surface area (Å²) in [6.07, 6.45) is 6.34. The Morgan fingerprint density at radius 3 is 2.43 bits per heavy atom. The summed E-state index contributed by atoms with van der Waals surface area (Å²) < 4.78 is 0. The molecule has 0 radical (unpaired) electrons. The first kappa shape index (κ1) is 22.1. The van der Waals surface area contributed by atoms with Crippen LogP contribution in [0.4, 0.5) is 10.5 Å². The van der Waals surface area contributed by atoms with Crippen LogP contribution in [0.25, 0.3) is 0 Å². The van der Waals surface area contributed by atoms with Crippen molar-refractivity contribution in [3.8, 4) is 0 Å². The molecule has 1 aromatic rings. The Morgan fingerprint density at radius 1 is 1.07 bits per heavy atom. The van der Waals surface area contributed by atoms with Crippen LogP contribution in [0.3, 0.4) is 0 Å². The van der Waals surface area contributed by atoms with Gasteiger partial charge in [-0.25, -0.2) is 4.79 Å². The molecular formula is C23H34N4O3. The summed E-state index contributed by atoms with van der Waals surface area (Å²) in [5, 5.41) is 8.76. The number of carbonyl (C=O) groups is 3. The highest BCUT2D eigenvalue weighted by atomic mass is 16.2. The third kappa shape index (κ3) is 5.74. The van der Waals surface area contributed by atoms with Crippen molar-refractivity contribution in [2.24, 2.45) is 5.92 Å². The van der Waals surface area contributed by atoms with E-state index in [1.807, 2.05) is 36.1 Å². The third-order valence-corrected chi connectivity index (χ3v) is 6.20. The summed E-state index contributed by atoms with van der Waals surface area (Å²) >= 11 is 0. The maximum absolute atomic E-state index is 13.4. The average Bonchev–Trinajstić information content (AvgIpc) is 2.74. The van der Waals surface area contributed by atoms with E-state index in [-0.39, 0.29) is 23.8 Å². The number of rotatable bonds is 5. The molecule has 0 bridgehead atoms. The van der Waals surface area contributed by atoms with E-state index in [0.717, 1.165) is 43.4 Å². The Bertz CT molecular complexity index is 756. The molecular weight excluding hydrogens is 380 g/mol. The van der Waals surface area contributed by atoms with E-state index >= 15 is 0 Å². The quantitative estimate of drug-likeness (QED) is 0.691. The molecule has 7 heteroatoms. The normalized spacial score (nSPS) is 20.9. The van der Waals surface area contributed by atoms with Gasteiger partial charge < -0.3 is 20.9 Å². The molecule has 4 amide bonds. The lowest BCUT2D eigenvalue weighted by Crippen LogP contribution is -2.61. The van der Waals surface area contributed by atoms with Gasteiger partial charge in [0, 0.05) is 32.2 Å². The first-order chi connectivity index (χ1) is 14.4. The zero-order chi connectivity index (χ0) is 21.6.